The van der Waals surface area contributed by atoms with Crippen molar-refractivity contribution in [3.8, 4) is 34.5 Å². The summed E-state index contributed by atoms with van der Waals surface area (Å²) < 4.78 is 36.1. The second-order valence-electron chi connectivity index (χ2n) is 15.3. The Bertz CT molecular complexity index is 2350. The summed E-state index contributed by atoms with van der Waals surface area (Å²) >= 11 is 1.51. The van der Waals surface area contributed by atoms with Crippen LogP contribution >= 0.6 is 11.8 Å². The normalized spacial score (nSPS) is 29.9. The van der Waals surface area contributed by atoms with Gasteiger partial charge < -0.3 is 48.9 Å². The fraction of sp³-hybridized carbons (Fsp3) is 0.450. The van der Waals surface area contributed by atoms with Crippen LogP contribution in [-0.2, 0) is 32.7 Å². The number of carbonyl (C=O) groups excluding carboxylic acids is 2. The van der Waals surface area contributed by atoms with E-state index in [0.29, 0.717) is 58.2 Å². The molecule has 15 heteroatoms. The lowest BCUT2D eigenvalue weighted by Gasteiger charge is -2.58. The molecule has 0 amide bonds. The lowest BCUT2D eigenvalue weighted by atomic mass is 9.78. The summed E-state index contributed by atoms with van der Waals surface area (Å²) in [6, 6.07) is 5.95. The third-order valence-electron chi connectivity index (χ3n) is 12.4. The average molecular weight is 771 g/mol. The van der Waals surface area contributed by atoms with E-state index in [0.717, 1.165) is 39.0 Å². The van der Waals surface area contributed by atoms with E-state index in [4.69, 9.17) is 28.4 Å². The van der Waals surface area contributed by atoms with Crippen LogP contribution in [0.4, 0.5) is 0 Å². The Balaban J connectivity index is 1.23. The topological polar surface area (TPSA) is 173 Å². The molecule has 2 saturated heterocycles. The first-order chi connectivity index (χ1) is 26.5. The number of hydrogen-bond acceptors (Lipinski definition) is 14. The number of benzene rings is 3. The Morgan fingerprint density at radius 1 is 1.05 bits per heavy atom. The number of aromatic nitrogens is 1. The highest BCUT2D eigenvalue weighted by Gasteiger charge is 2.62. The van der Waals surface area contributed by atoms with Gasteiger partial charge in [-0.2, -0.15) is 0 Å². The smallest absolute Gasteiger partial charge is 0.333 e. The van der Waals surface area contributed by atoms with Gasteiger partial charge in [-0.3, -0.25) is 15.0 Å². The summed E-state index contributed by atoms with van der Waals surface area (Å²) in [5, 5.41) is 32.5. The number of methoxy groups -OCH3 is 2. The molecule has 9 heterocycles. The van der Waals surface area contributed by atoms with E-state index in [1.165, 1.54) is 25.8 Å². The maximum Gasteiger partial charge on any atom is 0.333 e. The van der Waals surface area contributed by atoms with Crippen LogP contribution in [0.3, 0.4) is 0 Å². The molecule has 2 unspecified atom stereocenters. The predicted molar refractivity (Wildman–Crippen MR) is 200 cm³/mol. The monoisotopic (exact) mass is 770 g/mol. The van der Waals surface area contributed by atoms with Crippen molar-refractivity contribution in [3.05, 3.63) is 68.9 Å². The molecule has 14 nitrogen and oxygen atoms in total. The zero-order valence-corrected chi connectivity index (χ0v) is 31.9. The van der Waals surface area contributed by atoms with Crippen LogP contribution in [0, 0.1) is 13.8 Å². The number of aryl methyl sites for hydroxylation is 1. The standard InChI is InChI=1S/C40H42N4O10S/c1-17-10-20-12-39(48)14-41-29(26(20)31(46)32(17)50-5)30-36-28-27(35-34(52-16-53-35)18(2)33(28)54-19(3)45)25(44(30)39)13-51-38(47)40(15-55-36)37-22(8-9-42-40)23-11-21(49-4)6-7-24(23)43-37/h6-7,10-11,25,29-30,36,41-43,46,48H,8-9,12-16H2,1-5H3/t25-,29-,30+,36+,39?,40+/m0/s1. The molecule has 8 aliphatic heterocycles. The number of aromatic hydroxyl groups is 1. The third-order valence-corrected chi connectivity index (χ3v) is 13.9. The Morgan fingerprint density at radius 3 is 2.65 bits per heavy atom. The molecule has 288 valence electrons. The Hall–Kier alpha value is -4.67. The number of fused-ring (bicyclic) bond motifs is 8. The van der Waals surface area contributed by atoms with E-state index in [-0.39, 0.29) is 37.9 Å². The number of rotatable bonds is 3. The van der Waals surface area contributed by atoms with E-state index >= 15 is 0 Å². The summed E-state index contributed by atoms with van der Waals surface area (Å²) in [5.41, 5.74) is 3.96. The van der Waals surface area contributed by atoms with Crippen LogP contribution in [0.5, 0.6) is 34.5 Å². The van der Waals surface area contributed by atoms with Gasteiger partial charge in [0.1, 0.15) is 23.8 Å². The van der Waals surface area contributed by atoms with E-state index in [9.17, 15) is 19.8 Å². The maximum absolute atomic E-state index is 14.9. The van der Waals surface area contributed by atoms with E-state index in [1.54, 1.807) is 7.11 Å². The van der Waals surface area contributed by atoms with E-state index < -0.39 is 46.6 Å². The van der Waals surface area contributed by atoms with Crippen molar-refractivity contribution < 1.29 is 48.2 Å². The molecule has 2 fully saturated rings. The molecular formula is C40H42N4O10S. The lowest BCUT2D eigenvalue weighted by molar-refractivity contribution is -0.191. The van der Waals surface area contributed by atoms with Crippen LogP contribution in [-0.4, -0.2) is 90.3 Å². The number of ether oxygens (including phenoxy) is 6. The van der Waals surface area contributed by atoms with Crippen molar-refractivity contribution in [3.63, 3.8) is 0 Å². The van der Waals surface area contributed by atoms with Gasteiger partial charge in [0.15, 0.2) is 28.5 Å². The number of nitrogens with zero attached hydrogens (tertiary/aromatic N) is 1. The number of aliphatic hydroxyl groups is 1. The van der Waals surface area contributed by atoms with Crippen LogP contribution in [0.25, 0.3) is 10.9 Å². The Kier molecular flexibility index (Phi) is 7.69. The van der Waals surface area contributed by atoms with Gasteiger partial charge in [0.25, 0.3) is 0 Å². The highest BCUT2D eigenvalue weighted by Crippen LogP contribution is 2.64. The number of H-pyrrole nitrogens is 1. The van der Waals surface area contributed by atoms with Gasteiger partial charge in [-0.05, 0) is 55.2 Å². The molecule has 0 saturated carbocycles. The fourth-order valence-electron chi connectivity index (χ4n) is 10.3. The van der Waals surface area contributed by atoms with Crippen LogP contribution in [0.2, 0.25) is 0 Å². The molecule has 7 atom stereocenters. The van der Waals surface area contributed by atoms with Crippen molar-refractivity contribution in [2.24, 2.45) is 0 Å². The van der Waals surface area contributed by atoms with Crippen molar-refractivity contribution >= 4 is 34.6 Å². The zero-order chi connectivity index (χ0) is 38.1. The first kappa shape index (κ1) is 34.8. The third kappa shape index (κ3) is 4.70. The average Bonchev–Trinajstić information content (AvgIpc) is 3.75. The van der Waals surface area contributed by atoms with Crippen LogP contribution < -0.4 is 34.3 Å². The number of nitrogens with one attached hydrogen (secondary N) is 3. The summed E-state index contributed by atoms with van der Waals surface area (Å²) in [6.45, 7) is 5.55. The summed E-state index contributed by atoms with van der Waals surface area (Å²) in [7, 11) is 3.16. The van der Waals surface area contributed by atoms with Gasteiger partial charge >= 0.3 is 11.9 Å². The zero-order valence-electron chi connectivity index (χ0n) is 31.1. The second kappa shape index (κ2) is 12.2. The van der Waals surface area contributed by atoms with Gasteiger partial charge in [0.05, 0.1) is 37.2 Å². The van der Waals surface area contributed by atoms with Gasteiger partial charge in [-0.15, -0.1) is 11.8 Å². The van der Waals surface area contributed by atoms with Crippen molar-refractivity contribution in [2.45, 2.75) is 68.3 Å². The molecule has 12 rings (SSSR count). The van der Waals surface area contributed by atoms with Gasteiger partial charge in [0, 0.05) is 71.4 Å². The van der Waals surface area contributed by atoms with Crippen LogP contribution in [0.1, 0.15) is 68.9 Å². The molecule has 0 radical (unpaired) electrons. The van der Waals surface area contributed by atoms with Crippen molar-refractivity contribution in [1.29, 1.82) is 0 Å². The minimum Gasteiger partial charge on any atom is -0.504 e. The first-order valence-electron chi connectivity index (χ1n) is 18.5. The molecule has 4 bridgehead atoms. The Labute approximate surface area is 320 Å². The number of thioether (sulfide) groups is 1. The van der Waals surface area contributed by atoms with Gasteiger partial charge in [0.2, 0.25) is 6.79 Å². The summed E-state index contributed by atoms with van der Waals surface area (Å²) in [6.07, 6.45) is 0.858. The van der Waals surface area contributed by atoms with Crippen molar-refractivity contribution in [2.75, 3.05) is 46.5 Å². The molecular weight excluding hydrogens is 729 g/mol. The molecule has 3 aromatic carbocycles. The van der Waals surface area contributed by atoms with Gasteiger partial charge in [-0.1, -0.05) is 6.07 Å². The fourth-order valence-corrected chi connectivity index (χ4v) is 11.9. The SMILES string of the molecule is COc1ccc2[nH]c3c(c2c1)CCN[C@]31CS[C@@H]2c3c(OC(C)=O)c(C)c4c(c3[C@H](COC1=O)N1[C@@H]2[C@H]2NCC1(O)Cc1cc(C)c(OC)c(O)c12)OCO4. The summed E-state index contributed by atoms with van der Waals surface area (Å²) in [5.74, 6) is 1.62. The largest absolute Gasteiger partial charge is 0.504 e. The van der Waals surface area contributed by atoms with E-state index in [2.05, 4.69) is 15.6 Å². The molecule has 4 aromatic rings. The van der Waals surface area contributed by atoms with Crippen LogP contribution in [0.15, 0.2) is 24.3 Å². The Morgan fingerprint density at radius 2 is 1.87 bits per heavy atom. The number of aromatic amines is 1. The molecule has 1 spiro atoms. The highest BCUT2D eigenvalue weighted by atomic mass is 32.2. The minimum atomic E-state index is -1.50. The molecule has 5 N–H and O–H groups in total. The summed E-state index contributed by atoms with van der Waals surface area (Å²) in [4.78, 5) is 33.4. The van der Waals surface area contributed by atoms with Crippen molar-refractivity contribution in [1.82, 2.24) is 20.5 Å². The number of hydrogen-bond donors (Lipinski definition) is 5. The number of carbonyl (C=O) groups is 2. The molecule has 1 aromatic heterocycles. The quantitative estimate of drug-likeness (QED) is 0.150. The molecule has 8 aliphatic rings. The second-order valence-corrected chi connectivity index (χ2v) is 16.5. The number of phenols is 1. The minimum absolute atomic E-state index is 0.0105. The number of phenolic OH excluding ortho intramolecular Hbond substituents is 1. The highest BCUT2D eigenvalue weighted by molar-refractivity contribution is 7.99. The van der Waals surface area contributed by atoms with E-state index in [1.807, 2.05) is 43.0 Å². The first-order valence-corrected chi connectivity index (χ1v) is 19.5. The maximum atomic E-state index is 14.9. The lowest BCUT2D eigenvalue weighted by Crippen LogP contribution is -2.70. The van der Waals surface area contributed by atoms with Gasteiger partial charge in [-0.25, -0.2) is 4.79 Å². The molecule has 0 aliphatic carbocycles. The number of esters is 2. The predicted octanol–water partition coefficient (Wildman–Crippen LogP) is 3.85. The molecule has 55 heavy (non-hydrogen) atoms. The number of piperazine rings is 1.